The van der Waals surface area contributed by atoms with Gasteiger partial charge in [-0.15, -0.1) is 0 Å². The van der Waals surface area contributed by atoms with Crippen LogP contribution < -0.4 is 5.32 Å². The maximum Gasteiger partial charge on any atom is 0.290 e. The summed E-state index contributed by atoms with van der Waals surface area (Å²) in [4.78, 5) is 28.6. The van der Waals surface area contributed by atoms with Gasteiger partial charge in [-0.1, -0.05) is 5.16 Å². The molecule has 0 unspecified atom stereocenters. The predicted molar refractivity (Wildman–Crippen MR) is 91.6 cm³/mol. The molecule has 0 aliphatic carbocycles. The van der Waals surface area contributed by atoms with E-state index in [9.17, 15) is 9.59 Å². The quantitative estimate of drug-likeness (QED) is 0.749. The second-order valence-corrected chi connectivity index (χ2v) is 5.94. The third-order valence-electron chi connectivity index (χ3n) is 4.07. The summed E-state index contributed by atoms with van der Waals surface area (Å²) in [7, 11) is 0. The van der Waals surface area contributed by atoms with E-state index in [4.69, 9.17) is 9.15 Å². The molecule has 3 heterocycles. The molecule has 1 saturated heterocycles. The fourth-order valence-corrected chi connectivity index (χ4v) is 2.75. The standard InChI is InChI=1S/C17H22N4O5/c22-16(18-15-4-10-26-19-15)13-21(17(23)14-3-1-9-25-14)6-2-5-20-7-11-24-12-8-20/h1,3-4,9-10H,2,5-8,11-13H2,(H,18,19,22). The molecular formula is C17H22N4O5. The molecule has 9 heteroatoms. The van der Waals surface area contributed by atoms with Crippen molar-refractivity contribution in [2.75, 3.05) is 51.3 Å². The molecule has 1 aliphatic heterocycles. The molecular weight excluding hydrogens is 340 g/mol. The van der Waals surface area contributed by atoms with E-state index in [-0.39, 0.29) is 24.1 Å². The van der Waals surface area contributed by atoms with Crippen LogP contribution in [0.2, 0.25) is 0 Å². The van der Waals surface area contributed by atoms with Crippen molar-refractivity contribution in [3.8, 4) is 0 Å². The highest BCUT2D eigenvalue weighted by Gasteiger charge is 2.21. The fraction of sp³-hybridized carbons (Fsp3) is 0.471. The Balaban J connectivity index is 1.55. The van der Waals surface area contributed by atoms with E-state index in [0.717, 1.165) is 39.3 Å². The zero-order chi connectivity index (χ0) is 18.2. The summed E-state index contributed by atoms with van der Waals surface area (Å²) < 4.78 is 15.2. The molecule has 2 aromatic heterocycles. The van der Waals surface area contributed by atoms with Crippen molar-refractivity contribution in [2.24, 2.45) is 0 Å². The van der Waals surface area contributed by atoms with Crippen LogP contribution in [-0.4, -0.2) is 72.7 Å². The maximum absolute atomic E-state index is 12.6. The van der Waals surface area contributed by atoms with E-state index in [1.165, 1.54) is 23.5 Å². The van der Waals surface area contributed by atoms with Gasteiger partial charge in [0.15, 0.2) is 11.6 Å². The Morgan fingerprint density at radius 2 is 2.08 bits per heavy atom. The minimum atomic E-state index is -0.342. The minimum Gasteiger partial charge on any atom is -0.459 e. The van der Waals surface area contributed by atoms with Crippen molar-refractivity contribution < 1.29 is 23.3 Å². The van der Waals surface area contributed by atoms with Crippen LogP contribution in [0.5, 0.6) is 0 Å². The summed E-state index contributed by atoms with van der Waals surface area (Å²) in [5.41, 5.74) is 0. The zero-order valence-electron chi connectivity index (χ0n) is 14.4. The van der Waals surface area contributed by atoms with E-state index < -0.39 is 0 Å². The van der Waals surface area contributed by atoms with Gasteiger partial charge in [0, 0.05) is 32.2 Å². The molecule has 2 amide bonds. The Bertz CT molecular complexity index is 680. The molecule has 0 aromatic carbocycles. The number of rotatable bonds is 8. The van der Waals surface area contributed by atoms with Crippen LogP contribution in [-0.2, 0) is 9.53 Å². The number of hydrogen-bond donors (Lipinski definition) is 1. The topological polar surface area (TPSA) is 101 Å². The van der Waals surface area contributed by atoms with E-state index >= 15 is 0 Å². The first-order valence-electron chi connectivity index (χ1n) is 8.55. The average Bonchev–Trinajstić information content (AvgIpc) is 3.35. The molecule has 0 saturated carbocycles. The smallest absolute Gasteiger partial charge is 0.290 e. The summed E-state index contributed by atoms with van der Waals surface area (Å²) in [5.74, 6) is -0.128. The lowest BCUT2D eigenvalue weighted by atomic mass is 10.3. The number of aromatic nitrogens is 1. The number of amides is 2. The van der Waals surface area contributed by atoms with Crippen LogP contribution >= 0.6 is 0 Å². The number of anilines is 1. The average molecular weight is 362 g/mol. The van der Waals surface area contributed by atoms with Gasteiger partial charge >= 0.3 is 0 Å². The first-order valence-corrected chi connectivity index (χ1v) is 8.55. The Kier molecular flexibility index (Phi) is 6.39. The molecule has 0 radical (unpaired) electrons. The highest BCUT2D eigenvalue weighted by Crippen LogP contribution is 2.08. The minimum absolute atomic E-state index is 0.0878. The molecule has 0 spiro atoms. The predicted octanol–water partition coefficient (Wildman–Crippen LogP) is 1.07. The van der Waals surface area contributed by atoms with Crippen LogP contribution in [0.4, 0.5) is 5.82 Å². The van der Waals surface area contributed by atoms with E-state index in [2.05, 4.69) is 19.9 Å². The lowest BCUT2D eigenvalue weighted by molar-refractivity contribution is -0.117. The second-order valence-electron chi connectivity index (χ2n) is 5.94. The Morgan fingerprint density at radius 3 is 2.77 bits per heavy atom. The molecule has 9 nitrogen and oxygen atoms in total. The molecule has 1 N–H and O–H groups in total. The van der Waals surface area contributed by atoms with E-state index in [0.29, 0.717) is 12.4 Å². The molecule has 0 bridgehead atoms. The van der Waals surface area contributed by atoms with Crippen LogP contribution in [0.25, 0.3) is 0 Å². The number of furan rings is 1. The Labute approximate surface area is 150 Å². The Morgan fingerprint density at radius 1 is 1.23 bits per heavy atom. The summed E-state index contributed by atoms with van der Waals surface area (Å²) in [6.45, 7) is 4.44. The van der Waals surface area contributed by atoms with Crippen LogP contribution in [0, 0.1) is 0 Å². The lowest BCUT2D eigenvalue weighted by Gasteiger charge is -2.28. The van der Waals surface area contributed by atoms with Crippen LogP contribution in [0.15, 0.2) is 39.7 Å². The zero-order valence-corrected chi connectivity index (χ0v) is 14.4. The van der Waals surface area contributed by atoms with Crippen LogP contribution in [0.3, 0.4) is 0 Å². The number of nitrogens with one attached hydrogen (secondary N) is 1. The number of ether oxygens (including phenoxy) is 1. The molecule has 3 rings (SSSR count). The van der Waals surface area contributed by atoms with Gasteiger partial charge < -0.3 is 23.9 Å². The van der Waals surface area contributed by atoms with Crippen molar-refractivity contribution in [2.45, 2.75) is 6.42 Å². The second kappa shape index (κ2) is 9.16. The summed E-state index contributed by atoms with van der Waals surface area (Å²) in [5, 5.41) is 6.23. The van der Waals surface area contributed by atoms with Gasteiger partial charge in [-0.25, -0.2) is 0 Å². The molecule has 0 atom stereocenters. The SMILES string of the molecule is O=C(CN(CCCN1CCOCC1)C(=O)c1ccco1)Nc1ccon1. The molecule has 1 fully saturated rings. The van der Waals surface area contributed by atoms with Crippen molar-refractivity contribution >= 4 is 17.6 Å². The lowest BCUT2D eigenvalue weighted by Crippen LogP contribution is -2.41. The summed E-state index contributed by atoms with van der Waals surface area (Å²) in [6.07, 6.45) is 3.56. The van der Waals surface area contributed by atoms with Crippen LogP contribution in [0.1, 0.15) is 17.0 Å². The van der Waals surface area contributed by atoms with Gasteiger partial charge in [-0.2, -0.15) is 0 Å². The number of nitrogens with zero attached hydrogens (tertiary/aromatic N) is 3. The molecule has 1 aliphatic rings. The van der Waals surface area contributed by atoms with Gasteiger partial charge in [0.25, 0.3) is 5.91 Å². The largest absolute Gasteiger partial charge is 0.459 e. The van der Waals surface area contributed by atoms with Crippen molar-refractivity contribution in [1.82, 2.24) is 15.0 Å². The third-order valence-corrected chi connectivity index (χ3v) is 4.07. The number of morpholine rings is 1. The normalized spacial score (nSPS) is 14.9. The summed E-state index contributed by atoms with van der Waals surface area (Å²) in [6, 6.07) is 4.77. The van der Waals surface area contributed by atoms with Crippen molar-refractivity contribution in [3.63, 3.8) is 0 Å². The molecule has 2 aromatic rings. The van der Waals surface area contributed by atoms with Gasteiger partial charge in [0.2, 0.25) is 5.91 Å². The van der Waals surface area contributed by atoms with Gasteiger partial charge in [0.05, 0.1) is 19.5 Å². The van der Waals surface area contributed by atoms with Gasteiger partial charge in [0.1, 0.15) is 12.8 Å². The molecule has 140 valence electrons. The third kappa shape index (κ3) is 5.17. The fourth-order valence-electron chi connectivity index (χ4n) is 2.75. The Hall–Kier alpha value is -2.65. The highest BCUT2D eigenvalue weighted by molar-refractivity contribution is 5.97. The number of hydrogen-bond acceptors (Lipinski definition) is 7. The highest BCUT2D eigenvalue weighted by atomic mass is 16.5. The first kappa shape index (κ1) is 18.2. The van der Waals surface area contributed by atoms with E-state index in [1.54, 1.807) is 12.1 Å². The maximum atomic E-state index is 12.6. The summed E-state index contributed by atoms with van der Waals surface area (Å²) >= 11 is 0. The van der Waals surface area contributed by atoms with Crippen molar-refractivity contribution in [3.05, 3.63) is 36.5 Å². The van der Waals surface area contributed by atoms with Crippen molar-refractivity contribution in [1.29, 1.82) is 0 Å². The van der Waals surface area contributed by atoms with Gasteiger partial charge in [-0.05, 0) is 18.6 Å². The molecule has 26 heavy (non-hydrogen) atoms. The van der Waals surface area contributed by atoms with E-state index in [1.807, 2.05) is 0 Å². The monoisotopic (exact) mass is 362 g/mol. The number of carbonyl (C=O) groups excluding carboxylic acids is 2. The van der Waals surface area contributed by atoms with Gasteiger partial charge in [-0.3, -0.25) is 14.5 Å². The first-order chi connectivity index (χ1) is 12.7. The number of carbonyl (C=O) groups is 2.